The summed E-state index contributed by atoms with van der Waals surface area (Å²) in [4.78, 5) is 48.2. The van der Waals surface area contributed by atoms with E-state index in [0.717, 1.165) is 18.5 Å². The summed E-state index contributed by atoms with van der Waals surface area (Å²) >= 11 is 0. The summed E-state index contributed by atoms with van der Waals surface area (Å²) in [6, 6.07) is 23.6. The molecular weight excluding hydrogens is 826 g/mol. The lowest BCUT2D eigenvalue weighted by atomic mass is 10.2. The second kappa shape index (κ2) is 19.4. The molecule has 2 aromatic heterocycles. The van der Waals surface area contributed by atoms with Crippen LogP contribution in [0, 0.1) is 0 Å². The van der Waals surface area contributed by atoms with Gasteiger partial charge in [-0.05, 0) is 91.0 Å². The number of hydrogen-bond acceptors (Lipinski definition) is 8. The Morgan fingerprint density at radius 3 is 1.32 bits per heavy atom. The van der Waals surface area contributed by atoms with Gasteiger partial charge in [0.1, 0.15) is 11.5 Å². The summed E-state index contributed by atoms with van der Waals surface area (Å²) in [5.41, 5.74) is -2.30. The zero-order chi connectivity index (χ0) is 45.2. The van der Waals surface area contributed by atoms with Gasteiger partial charge in [-0.1, -0.05) is 25.6 Å². The highest BCUT2D eigenvalue weighted by Gasteiger charge is 2.42. The third-order valence-corrected chi connectivity index (χ3v) is 8.50. The number of amides is 4. The molecule has 0 atom stereocenters. The molecule has 0 unspecified atom stereocenters. The molecule has 2 heterocycles. The van der Waals surface area contributed by atoms with Crippen LogP contribution in [0.3, 0.4) is 0 Å². The van der Waals surface area contributed by atoms with Crippen molar-refractivity contribution in [3.63, 3.8) is 0 Å². The van der Waals surface area contributed by atoms with Crippen molar-refractivity contribution in [1.82, 2.24) is 19.6 Å². The Morgan fingerprint density at radius 1 is 0.613 bits per heavy atom. The van der Waals surface area contributed by atoms with Crippen LogP contribution < -0.4 is 30.7 Å². The maximum Gasteiger partial charge on any atom is 0.434 e. The van der Waals surface area contributed by atoms with Crippen LogP contribution >= 0.6 is 0 Å². The minimum absolute atomic E-state index is 0.112. The predicted octanol–water partition coefficient (Wildman–Crippen LogP) is 8.78. The topological polar surface area (TPSA) is 171 Å². The summed E-state index contributed by atoms with van der Waals surface area (Å²) in [7, 11) is 2.87. The van der Waals surface area contributed by atoms with Crippen molar-refractivity contribution in [2.75, 3.05) is 35.5 Å². The second-order valence-corrected chi connectivity index (χ2v) is 12.7. The molecule has 62 heavy (non-hydrogen) atoms. The van der Waals surface area contributed by atoms with Gasteiger partial charge in [0.25, 0.3) is 11.8 Å². The lowest BCUT2D eigenvalue weighted by Gasteiger charge is -2.13. The van der Waals surface area contributed by atoms with Crippen LogP contribution in [-0.4, -0.2) is 57.4 Å². The van der Waals surface area contributed by atoms with Gasteiger partial charge in [-0.2, -0.15) is 36.5 Å². The second-order valence-electron chi connectivity index (χ2n) is 12.7. The molecule has 14 nitrogen and oxygen atoms in total. The zero-order valence-electron chi connectivity index (χ0n) is 32.9. The third-order valence-electron chi connectivity index (χ3n) is 8.50. The third kappa shape index (κ3) is 11.2. The molecule has 0 aliphatic heterocycles. The number of nitrogens with zero attached hydrogens (tertiary/aromatic N) is 4. The molecule has 20 heteroatoms. The van der Waals surface area contributed by atoms with E-state index in [4.69, 9.17) is 9.47 Å². The maximum absolute atomic E-state index is 13.8. The zero-order valence-corrected chi connectivity index (χ0v) is 32.9. The van der Waals surface area contributed by atoms with E-state index >= 15 is 0 Å². The smallest absolute Gasteiger partial charge is 0.434 e. The Kier molecular flexibility index (Phi) is 14.2. The number of hydrogen-bond donors (Lipinski definition) is 4. The Bertz CT molecular complexity index is 2570. The summed E-state index contributed by atoms with van der Waals surface area (Å²) < 4.78 is 94.1. The molecule has 0 radical (unpaired) electrons. The standard InChI is InChI=1S/C21H19F3N4O3.C21H17F3N4O3/c2*1-3-18(29)26-13-5-4-6-14(11-13)27-20(30)17-12-25-28(19(17)21(22,23)24)15-7-9-16(31-2)10-8-15/h4-12H,3H2,1-2H3,(H,26,29)(H,27,30);3-12H,1H2,2H3,(H,26,29)(H,27,30). The fourth-order valence-corrected chi connectivity index (χ4v) is 5.60. The molecule has 4 amide bonds. The number of carbonyl (C=O) groups excluding carboxylic acids is 4. The summed E-state index contributed by atoms with van der Waals surface area (Å²) in [5, 5.41) is 17.5. The van der Waals surface area contributed by atoms with Gasteiger partial charge >= 0.3 is 12.4 Å². The van der Waals surface area contributed by atoms with Crippen LogP contribution in [0.2, 0.25) is 0 Å². The molecule has 4 N–H and O–H groups in total. The molecule has 6 rings (SSSR count). The first kappa shape index (κ1) is 45.2. The summed E-state index contributed by atoms with van der Waals surface area (Å²) in [6.07, 6.45) is -6.63. The molecule has 0 saturated carbocycles. The Hall–Kier alpha value is -7.90. The Balaban J connectivity index is 0.000000234. The van der Waals surface area contributed by atoms with Crippen LogP contribution in [0.4, 0.5) is 49.1 Å². The van der Waals surface area contributed by atoms with Crippen molar-refractivity contribution < 1.29 is 55.0 Å². The van der Waals surface area contributed by atoms with Crippen LogP contribution in [0.25, 0.3) is 11.4 Å². The first-order chi connectivity index (χ1) is 29.4. The van der Waals surface area contributed by atoms with E-state index < -0.39 is 52.6 Å². The van der Waals surface area contributed by atoms with Gasteiger partial charge in [0.2, 0.25) is 11.8 Å². The first-order valence-corrected chi connectivity index (χ1v) is 18.1. The van der Waals surface area contributed by atoms with Gasteiger partial charge in [0.05, 0.1) is 49.1 Å². The van der Waals surface area contributed by atoms with Crippen molar-refractivity contribution in [2.45, 2.75) is 25.7 Å². The molecule has 0 spiro atoms. The number of alkyl halides is 6. The SMILES string of the molecule is C=CC(=O)Nc1cccc(NC(=O)c2cnn(-c3ccc(OC)cc3)c2C(F)(F)F)c1.CCC(=O)Nc1cccc(NC(=O)c2cnn(-c3ccc(OC)cc3)c2C(F)(F)F)c1. The molecular formula is C42H36F6N8O6. The number of methoxy groups -OCH3 is 2. The van der Waals surface area contributed by atoms with Crippen LogP contribution in [-0.2, 0) is 21.9 Å². The number of aromatic nitrogens is 4. The van der Waals surface area contributed by atoms with Gasteiger partial charge in [0, 0.05) is 29.2 Å². The number of benzene rings is 4. The largest absolute Gasteiger partial charge is 0.497 e. The number of ether oxygens (including phenoxy) is 2. The highest BCUT2D eigenvalue weighted by atomic mass is 19.4. The van der Waals surface area contributed by atoms with Gasteiger partial charge in [-0.15, -0.1) is 0 Å². The van der Waals surface area contributed by atoms with E-state index in [1.165, 1.54) is 93.1 Å². The first-order valence-electron chi connectivity index (χ1n) is 18.1. The van der Waals surface area contributed by atoms with Crippen molar-refractivity contribution in [3.8, 4) is 22.9 Å². The molecule has 0 aliphatic carbocycles. The quantitative estimate of drug-likeness (QED) is 0.0699. The van der Waals surface area contributed by atoms with Crippen LogP contribution in [0.5, 0.6) is 11.5 Å². The van der Waals surface area contributed by atoms with Crippen molar-refractivity contribution in [3.05, 3.63) is 145 Å². The lowest BCUT2D eigenvalue weighted by Crippen LogP contribution is -2.20. The van der Waals surface area contributed by atoms with E-state index in [1.54, 1.807) is 25.1 Å². The number of anilines is 4. The van der Waals surface area contributed by atoms with E-state index in [0.29, 0.717) is 32.2 Å². The Labute approximate surface area is 349 Å². The lowest BCUT2D eigenvalue weighted by molar-refractivity contribution is -0.143. The van der Waals surface area contributed by atoms with Gasteiger partial charge in [0.15, 0.2) is 11.4 Å². The van der Waals surface area contributed by atoms with E-state index in [1.807, 2.05) is 0 Å². The summed E-state index contributed by atoms with van der Waals surface area (Å²) in [6.45, 7) is 5.01. The molecule has 322 valence electrons. The van der Waals surface area contributed by atoms with Gasteiger partial charge < -0.3 is 30.7 Å². The maximum atomic E-state index is 13.8. The van der Waals surface area contributed by atoms with Crippen LogP contribution in [0.1, 0.15) is 45.4 Å². The molecule has 0 fully saturated rings. The van der Waals surface area contributed by atoms with Crippen molar-refractivity contribution in [1.29, 1.82) is 0 Å². The van der Waals surface area contributed by atoms with Gasteiger partial charge in [-0.25, -0.2) is 9.36 Å². The average Bonchev–Trinajstić information content (AvgIpc) is 3.91. The molecule has 4 aromatic carbocycles. The molecule has 6 aromatic rings. The number of nitrogens with one attached hydrogen (secondary N) is 4. The predicted molar refractivity (Wildman–Crippen MR) is 217 cm³/mol. The average molecular weight is 863 g/mol. The number of carbonyl (C=O) groups is 4. The fourth-order valence-electron chi connectivity index (χ4n) is 5.60. The minimum Gasteiger partial charge on any atom is -0.497 e. The van der Waals surface area contributed by atoms with E-state index in [2.05, 4.69) is 38.0 Å². The monoisotopic (exact) mass is 862 g/mol. The van der Waals surface area contributed by atoms with E-state index in [9.17, 15) is 45.5 Å². The molecule has 0 bridgehead atoms. The van der Waals surface area contributed by atoms with E-state index in [-0.39, 0.29) is 35.1 Å². The van der Waals surface area contributed by atoms with Crippen molar-refractivity contribution in [2.24, 2.45) is 0 Å². The fraction of sp³-hybridized carbons (Fsp3) is 0.143. The highest BCUT2D eigenvalue weighted by molar-refractivity contribution is 6.06. The number of rotatable bonds is 12. The summed E-state index contributed by atoms with van der Waals surface area (Å²) in [5.74, 6) is -1.75. The highest BCUT2D eigenvalue weighted by Crippen LogP contribution is 2.36. The molecule has 0 saturated heterocycles. The Morgan fingerprint density at radius 2 is 0.984 bits per heavy atom. The normalized spacial score (nSPS) is 11.0. The van der Waals surface area contributed by atoms with Crippen molar-refractivity contribution >= 4 is 46.4 Å². The number of halogens is 6. The van der Waals surface area contributed by atoms with Gasteiger partial charge in [-0.3, -0.25) is 19.2 Å². The van der Waals surface area contributed by atoms with Crippen LogP contribution in [0.15, 0.2) is 122 Å². The molecule has 0 aliphatic rings. The minimum atomic E-state index is -4.84.